The molecule has 0 aliphatic rings. The van der Waals surface area contributed by atoms with Gasteiger partial charge in [0, 0.05) is 0 Å². The van der Waals surface area contributed by atoms with Crippen molar-refractivity contribution < 1.29 is 5.11 Å². The summed E-state index contributed by atoms with van der Waals surface area (Å²) in [4.78, 5) is 0. The zero-order chi connectivity index (χ0) is 16.9. The number of hydrogen-bond donors (Lipinski definition) is 1. The van der Waals surface area contributed by atoms with Crippen molar-refractivity contribution >= 4 is 15.0 Å². The summed E-state index contributed by atoms with van der Waals surface area (Å²) in [7, 11) is 0. The number of aromatic hydroxyl groups is 1. The van der Waals surface area contributed by atoms with Crippen LogP contribution in [0.1, 0.15) is 87.8 Å². The van der Waals surface area contributed by atoms with Crippen molar-refractivity contribution in [2.45, 2.75) is 95.6 Å². The Bertz CT molecular complexity index is 405. The van der Waals surface area contributed by atoms with E-state index in [1.165, 1.54) is 80.4 Å². The van der Waals surface area contributed by atoms with Crippen LogP contribution in [-0.4, -0.2) is 20.1 Å². The fraction of sp³-hybridized carbons (Fsp3) is 0.714. The summed E-state index contributed by atoms with van der Waals surface area (Å²) in [5.74, 6) is 0.468. The van der Waals surface area contributed by atoms with Gasteiger partial charge in [-0.2, -0.15) is 0 Å². The predicted molar refractivity (Wildman–Crippen MR) is 104 cm³/mol. The molecule has 1 N–H and O–H groups in total. The van der Waals surface area contributed by atoms with E-state index in [-0.39, 0.29) is 0 Å². The van der Waals surface area contributed by atoms with E-state index in [4.69, 9.17) is 0 Å². The van der Waals surface area contributed by atoms with Gasteiger partial charge in [0.25, 0.3) is 0 Å². The molecule has 0 bridgehead atoms. The number of benzene rings is 1. The number of unbranched alkanes of at least 4 members (excludes halogenated alkanes) is 9. The van der Waals surface area contributed by atoms with Gasteiger partial charge in [-0.25, -0.2) is 0 Å². The molecule has 0 fully saturated rings. The first-order valence-corrected chi connectivity index (χ1v) is 11.9. The molecule has 23 heavy (non-hydrogen) atoms. The van der Waals surface area contributed by atoms with Crippen LogP contribution >= 0.6 is 0 Å². The van der Waals surface area contributed by atoms with Crippen molar-refractivity contribution in [3.8, 4) is 5.75 Å². The van der Waals surface area contributed by atoms with E-state index >= 15 is 0 Å². The second-order valence-corrected chi connectivity index (χ2v) is 9.13. The molecule has 0 unspecified atom stereocenters. The molecule has 0 spiro atoms. The first-order valence-electron chi connectivity index (χ1n) is 9.52. The predicted octanol–water partition coefficient (Wildman–Crippen LogP) is 6.55. The Morgan fingerprint density at radius 1 is 0.783 bits per heavy atom. The molecule has 0 aromatic heterocycles. The maximum atomic E-state index is 9.81. The molecule has 1 nitrogen and oxygen atoms in total. The molecule has 2 heteroatoms. The van der Waals surface area contributed by atoms with Crippen LogP contribution in [0.25, 0.3) is 0 Å². The summed E-state index contributed by atoms with van der Waals surface area (Å²) in [6.45, 7) is 6.29. The molecule has 0 amide bonds. The van der Waals surface area contributed by atoms with Crippen LogP contribution in [0.2, 0.25) is 5.32 Å². The van der Waals surface area contributed by atoms with Crippen molar-refractivity contribution in [2.75, 3.05) is 0 Å². The van der Waals surface area contributed by atoms with E-state index in [9.17, 15) is 5.11 Å². The van der Waals surface area contributed by atoms with Gasteiger partial charge in [-0.3, -0.25) is 0 Å². The number of aryl methyl sites for hydroxylation is 2. The van der Waals surface area contributed by atoms with Crippen molar-refractivity contribution in [2.24, 2.45) is 0 Å². The first kappa shape index (κ1) is 20.6. The molecular weight excluding hydrogens is 347 g/mol. The fourth-order valence-electron chi connectivity index (χ4n) is 3.01. The standard InChI is InChI=1S/C21H36OSe/c1-4-5-6-7-8-9-10-11-12-13-14-23-17-20-15-18(2)21(22)19(3)16-20/h15-16,22H,4-14,17H2,1-3H3. The minimum absolute atomic E-state index is 0.468. The number of rotatable bonds is 13. The summed E-state index contributed by atoms with van der Waals surface area (Å²) in [6, 6.07) is 4.31. The summed E-state index contributed by atoms with van der Waals surface area (Å²) in [5.41, 5.74) is 3.45. The Hall–Kier alpha value is -0.461. The van der Waals surface area contributed by atoms with Crippen LogP contribution in [0, 0.1) is 13.8 Å². The maximum absolute atomic E-state index is 9.81. The van der Waals surface area contributed by atoms with Gasteiger partial charge in [-0.1, -0.05) is 0 Å². The van der Waals surface area contributed by atoms with Gasteiger partial charge < -0.3 is 0 Å². The third kappa shape index (κ3) is 9.42. The molecule has 0 saturated heterocycles. The number of phenols is 1. The van der Waals surface area contributed by atoms with E-state index in [1.807, 2.05) is 13.8 Å². The summed E-state index contributed by atoms with van der Waals surface area (Å²) >= 11 is 0.718. The quantitative estimate of drug-likeness (QED) is 0.302. The zero-order valence-corrected chi connectivity index (χ0v) is 17.2. The summed E-state index contributed by atoms with van der Waals surface area (Å²) in [5, 5.41) is 12.4. The molecule has 0 atom stereocenters. The second kappa shape index (κ2) is 12.9. The molecule has 0 heterocycles. The van der Waals surface area contributed by atoms with Crippen molar-refractivity contribution in [3.05, 3.63) is 28.8 Å². The Kier molecular flexibility index (Phi) is 11.5. The fourth-order valence-corrected chi connectivity index (χ4v) is 5.01. The van der Waals surface area contributed by atoms with Gasteiger partial charge >= 0.3 is 150 Å². The van der Waals surface area contributed by atoms with Crippen molar-refractivity contribution in [1.82, 2.24) is 0 Å². The molecule has 0 aliphatic carbocycles. The Labute approximate surface area is 150 Å². The average molecular weight is 383 g/mol. The molecule has 1 rings (SSSR count). The van der Waals surface area contributed by atoms with Gasteiger partial charge in [0.15, 0.2) is 0 Å². The average Bonchev–Trinajstić information content (AvgIpc) is 2.53. The van der Waals surface area contributed by atoms with E-state index in [0.29, 0.717) is 5.75 Å². The van der Waals surface area contributed by atoms with Crippen LogP contribution in [0.5, 0.6) is 5.75 Å². The van der Waals surface area contributed by atoms with Crippen LogP contribution in [-0.2, 0) is 5.32 Å². The van der Waals surface area contributed by atoms with Crippen molar-refractivity contribution in [3.63, 3.8) is 0 Å². The van der Waals surface area contributed by atoms with E-state index in [2.05, 4.69) is 19.1 Å². The Balaban J connectivity index is 1.96. The Morgan fingerprint density at radius 2 is 1.26 bits per heavy atom. The van der Waals surface area contributed by atoms with Gasteiger partial charge in [0.2, 0.25) is 0 Å². The summed E-state index contributed by atoms with van der Waals surface area (Å²) < 4.78 is 0. The molecule has 0 saturated carbocycles. The Morgan fingerprint density at radius 3 is 1.78 bits per heavy atom. The topological polar surface area (TPSA) is 20.2 Å². The molecule has 0 aliphatic heterocycles. The van der Waals surface area contributed by atoms with Gasteiger partial charge in [0.1, 0.15) is 0 Å². The third-order valence-electron chi connectivity index (χ3n) is 4.46. The van der Waals surface area contributed by atoms with Gasteiger partial charge in [-0.05, 0) is 0 Å². The number of hydrogen-bond acceptors (Lipinski definition) is 1. The third-order valence-corrected chi connectivity index (χ3v) is 6.80. The van der Waals surface area contributed by atoms with E-state index in [1.54, 1.807) is 0 Å². The van der Waals surface area contributed by atoms with Gasteiger partial charge in [0.05, 0.1) is 0 Å². The van der Waals surface area contributed by atoms with Crippen LogP contribution in [0.4, 0.5) is 0 Å². The first-order chi connectivity index (χ1) is 11.1. The molecular formula is C21H36OSe. The van der Waals surface area contributed by atoms with Crippen LogP contribution in [0.3, 0.4) is 0 Å². The molecule has 0 radical (unpaired) electrons. The molecule has 1 aromatic carbocycles. The normalized spacial score (nSPS) is 11.1. The van der Waals surface area contributed by atoms with E-state index < -0.39 is 0 Å². The zero-order valence-electron chi connectivity index (χ0n) is 15.5. The van der Waals surface area contributed by atoms with E-state index in [0.717, 1.165) is 26.1 Å². The SMILES string of the molecule is CCCCCCCCCCCC[Se]Cc1cc(C)c(O)c(C)c1. The molecule has 1 aromatic rings. The minimum atomic E-state index is 0.468. The second-order valence-electron chi connectivity index (χ2n) is 6.81. The van der Waals surface area contributed by atoms with Crippen LogP contribution in [0.15, 0.2) is 12.1 Å². The number of phenolic OH excluding ortho intramolecular Hbond substituents is 1. The van der Waals surface area contributed by atoms with Crippen molar-refractivity contribution in [1.29, 1.82) is 0 Å². The monoisotopic (exact) mass is 384 g/mol. The summed E-state index contributed by atoms with van der Waals surface area (Å²) in [6.07, 6.45) is 14.3. The van der Waals surface area contributed by atoms with Crippen LogP contribution < -0.4 is 0 Å². The van der Waals surface area contributed by atoms with Gasteiger partial charge in [-0.15, -0.1) is 0 Å². The molecule has 132 valence electrons.